The Morgan fingerprint density at radius 3 is 2.58 bits per heavy atom. The van der Waals surface area contributed by atoms with Crippen LogP contribution >= 0.6 is 23.1 Å². The minimum Gasteiger partial charge on any atom is -0.350 e. The van der Waals surface area contributed by atoms with E-state index in [2.05, 4.69) is 42.8 Å². The van der Waals surface area contributed by atoms with Crippen LogP contribution in [0.1, 0.15) is 111 Å². The van der Waals surface area contributed by atoms with Crippen LogP contribution in [0.4, 0.5) is 5.69 Å². The van der Waals surface area contributed by atoms with Crippen molar-refractivity contribution in [1.82, 2.24) is 10.5 Å². The number of thioether (sulfide) groups is 1. The van der Waals surface area contributed by atoms with E-state index in [4.69, 9.17) is 14.4 Å². The highest BCUT2D eigenvalue weighted by Crippen LogP contribution is 2.70. The largest absolute Gasteiger partial charge is 0.350 e. The lowest BCUT2D eigenvalue weighted by Crippen LogP contribution is -2.54. The molecule has 2 aliphatic carbocycles. The molecule has 6 rings (SSSR count). The van der Waals surface area contributed by atoms with Gasteiger partial charge in [-0.15, -0.1) is 23.1 Å². The van der Waals surface area contributed by atoms with Crippen molar-refractivity contribution >= 4 is 46.4 Å². The number of hydrogen-bond donors (Lipinski definition) is 2. The van der Waals surface area contributed by atoms with E-state index in [1.165, 1.54) is 4.88 Å². The van der Waals surface area contributed by atoms with Gasteiger partial charge in [-0.05, 0) is 106 Å². The van der Waals surface area contributed by atoms with Crippen molar-refractivity contribution in [3.05, 3.63) is 41.3 Å². The molecule has 3 heterocycles. The van der Waals surface area contributed by atoms with E-state index >= 15 is 0 Å². The van der Waals surface area contributed by atoms with Gasteiger partial charge in [0.05, 0.1) is 10.3 Å². The molecule has 5 atom stereocenters. The normalized spacial score (nSPS) is 29.3. The summed E-state index contributed by atoms with van der Waals surface area (Å²) in [6.07, 6.45) is 8.08. The zero-order chi connectivity index (χ0) is 35.7. The predicted octanol–water partition coefficient (Wildman–Crippen LogP) is 8.25. The molecule has 274 valence electrons. The summed E-state index contributed by atoms with van der Waals surface area (Å²) in [6.45, 7) is 13.3. The summed E-state index contributed by atoms with van der Waals surface area (Å²) in [5, 5.41) is 4.97. The predicted molar refractivity (Wildman–Crippen MR) is 199 cm³/mol. The fourth-order valence-corrected chi connectivity index (χ4v) is 11.4. The lowest BCUT2D eigenvalue weighted by molar-refractivity contribution is -0.262. The average Bonchev–Trinajstić information content (AvgIpc) is 3.35. The van der Waals surface area contributed by atoms with Gasteiger partial charge in [-0.3, -0.25) is 19.2 Å². The summed E-state index contributed by atoms with van der Waals surface area (Å²) in [5.74, 6) is 1.21. The Bertz CT molecular complexity index is 1540. The molecule has 9 nitrogen and oxygen atoms in total. The number of rotatable bonds is 12. The summed E-state index contributed by atoms with van der Waals surface area (Å²) in [5.41, 5.74) is 3.01. The Morgan fingerprint density at radius 2 is 1.86 bits per heavy atom. The molecule has 4 aliphatic rings. The van der Waals surface area contributed by atoms with E-state index in [-0.39, 0.29) is 52.3 Å². The third-order valence-electron chi connectivity index (χ3n) is 11.0. The summed E-state index contributed by atoms with van der Waals surface area (Å²) >= 11 is 3.58. The van der Waals surface area contributed by atoms with E-state index in [1.54, 1.807) is 11.3 Å². The number of anilines is 1. The standard InChI is InChI=1S/C39H55N3O6S2/c1-26-15-17-30-37(5,6)39(30,35(26)45)42(48-36(2,3)4)21-19-32(43)40-28-13-11-12-27(24-28)29-16-18-31(50-29)38(20-8-10-23-49-38)25-33(44)41-47-34-14-7-9-22-46-34/h11-13,16,18,24,26,30,34H,7-10,14-15,17,19-23,25H2,1-6H3,(H,40,43)(H,41,44)/t26?,30?,34?,38-,39?/m0/s1. The van der Waals surface area contributed by atoms with Gasteiger partial charge in [0.25, 0.3) is 0 Å². The monoisotopic (exact) mass is 725 g/mol. The molecule has 1 aromatic carbocycles. The third kappa shape index (κ3) is 7.74. The summed E-state index contributed by atoms with van der Waals surface area (Å²) in [4.78, 5) is 54.6. The molecule has 2 saturated heterocycles. The number of Topliss-reactive ketones (excluding diaryl/α,β-unsaturated/α-hetero) is 1. The molecule has 2 amide bonds. The van der Waals surface area contributed by atoms with Gasteiger partial charge in [0, 0.05) is 53.8 Å². The molecule has 0 bridgehead atoms. The van der Waals surface area contributed by atoms with Crippen LogP contribution in [-0.2, 0) is 33.5 Å². The van der Waals surface area contributed by atoms with Crippen LogP contribution in [0.3, 0.4) is 0 Å². The van der Waals surface area contributed by atoms with Crippen molar-refractivity contribution in [1.29, 1.82) is 0 Å². The van der Waals surface area contributed by atoms with Crippen LogP contribution in [0.5, 0.6) is 0 Å². The molecular formula is C39H55N3O6S2. The number of ketones is 1. The molecule has 2 N–H and O–H groups in total. The third-order valence-corrected chi connectivity index (χ3v) is 14.1. The summed E-state index contributed by atoms with van der Waals surface area (Å²) < 4.78 is 5.31. The zero-order valence-corrected chi connectivity index (χ0v) is 32.2. The lowest BCUT2D eigenvalue weighted by Gasteiger charge is -2.40. The maximum Gasteiger partial charge on any atom is 0.245 e. The molecule has 0 radical (unpaired) electrons. The van der Waals surface area contributed by atoms with E-state index < -0.39 is 11.1 Å². The number of hydroxylamine groups is 3. The van der Waals surface area contributed by atoms with Crippen molar-refractivity contribution in [3.8, 4) is 10.4 Å². The number of hydrogen-bond acceptors (Lipinski definition) is 9. The lowest BCUT2D eigenvalue weighted by atomic mass is 9.84. The van der Waals surface area contributed by atoms with Crippen LogP contribution in [0.2, 0.25) is 0 Å². The van der Waals surface area contributed by atoms with Gasteiger partial charge in [-0.25, -0.2) is 10.3 Å². The van der Waals surface area contributed by atoms with Gasteiger partial charge in [-0.2, -0.15) is 5.06 Å². The highest BCUT2D eigenvalue weighted by atomic mass is 32.2. The number of thiophene rings is 1. The minimum atomic E-state index is -0.694. The molecule has 2 aliphatic heterocycles. The Balaban J connectivity index is 1.11. The van der Waals surface area contributed by atoms with Crippen molar-refractivity contribution in [2.75, 3.05) is 24.2 Å². The molecule has 4 unspecified atom stereocenters. The van der Waals surface area contributed by atoms with Crippen LogP contribution in [-0.4, -0.2) is 59.0 Å². The smallest absolute Gasteiger partial charge is 0.245 e. The van der Waals surface area contributed by atoms with Crippen molar-refractivity contribution in [3.63, 3.8) is 0 Å². The van der Waals surface area contributed by atoms with E-state index in [9.17, 15) is 14.4 Å². The van der Waals surface area contributed by atoms with Gasteiger partial charge in [0.1, 0.15) is 5.54 Å². The van der Waals surface area contributed by atoms with E-state index in [0.29, 0.717) is 19.6 Å². The second kappa shape index (κ2) is 15.0. The second-order valence-corrected chi connectivity index (χ2v) is 18.7. The topological polar surface area (TPSA) is 106 Å². The first-order chi connectivity index (χ1) is 23.7. The van der Waals surface area contributed by atoms with Gasteiger partial charge in [0.2, 0.25) is 11.8 Å². The quantitative estimate of drug-likeness (QED) is 0.211. The van der Waals surface area contributed by atoms with Gasteiger partial charge < -0.3 is 10.1 Å². The molecule has 11 heteroatoms. The molecule has 50 heavy (non-hydrogen) atoms. The number of carbonyl (C=O) groups is 3. The van der Waals surface area contributed by atoms with Crippen molar-refractivity contribution in [2.45, 2.75) is 128 Å². The van der Waals surface area contributed by atoms with Gasteiger partial charge >= 0.3 is 0 Å². The van der Waals surface area contributed by atoms with Crippen LogP contribution in [0.25, 0.3) is 10.4 Å². The van der Waals surface area contributed by atoms with Crippen molar-refractivity contribution < 1.29 is 28.8 Å². The molecule has 2 aromatic rings. The van der Waals surface area contributed by atoms with Crippen LogP contribution in [0, 0.1) is 17.3 Å². The maximum absolute atomic E-state index is 13.8. The summed E-state index contributed by atoms with van der Waals surface area (Å²) in [6, 6.07) is 12.2. The number of ether oxygens (including phenoxy) is 1. The highest BCUT2D eigenvalue weighted by molar-refractivity contribution is 8.00. The Morgan fingerprint density at radius 1 is 1.04 bits per heavy atom. The average molecular weight is 726 g/mol. The minimum absolute atomic E-state index is 0.0208. The van der Waals surface area contributed by atoms with Gasteiger partial charge in [0.15, 0.2) is 12.1 Å². The van der Waals surface area contributed by atoms with E-state index in [0.717, 1.165) is 73.2 Å². The number of amides is 2. The number of nitrogens with zero attached hydrogens (tertiary/aromatic N) is 1. The molecule has 4 fully saturated rings. The first-order valence-electron chi connectivity index (χ1n) is 18.5. The fourth-order valence-electron chi connectivity index (χ4n) is 8.49. The SMILES string of the molecule is CC1CCC2C(C)(C)C2(N(CCC(=O)Nc2cccc(-c3ccc([C@@]4(CC(=O)NOC5CCCCO5)CCCCS4)s3)c2)OC(C)(C)C)C1=O. The first-order valence-corrected chi connectivity index (χ1v) is 20.3. The van der Waals surface area contributed by atoms with Gasteiger partial charge in [-0.1, -0.05) is 39.3 Å². The number of fused-ring (bicyclic) bond motifs is 1. The highest BCUT2D eigenvalue weighted by Gasteiger charge is 2.79. The maximum atomic E-state index is 13.8. The summed E-state index contributed by atoms with van der Waals surface area (Å²) in [7, 11) is 0. The zero-order valence-electron chi connectivity index (χ0n) is 30.6. The van der Waals surface area contributed by atoms with Crippen LogP contribution in [0.15, 0.2) is 36.4 Å². The van der Waals surface area contributed by atoms with Crippen molar-refractivity contribution in [2.24, 2.45) is 17.3 Å². The first kappa shape index (κ1) is 37.5. The Kier molecular flexibility index (Phi) is 11.2. The number of nitrogens with one attached hydrogen (secondary N) is 2. The van der Waals surface area contributed by atoms with E-state index in [1.807, 2.05) is 62.7 Å². The molecule has 0 spiro atoms. The molecular weight excluding hydrogens is 671 g/mol. The fraction of sp³-hybridized carbons (Fsp3) is 0.667. The Hall–Kier alpha value is -2.28. The van der Waals surface area contributed by atoms with Crippen LogP contribution < -0.4 is 10.8 Å². The second-order valence-electron chi connectivity index (χ2n) is 16.1. The number of carbonyl (C=O) groups excluding carboxylic acids is 3. The Labute approximate surface area is 305 Å². The molecule has 1 aromatic heterocycles. The molecule has 2 saturated carbocycles. The number of benzene rings is 1.